The average Bonchev–Trinajstić information content (AvgIpc) is 2.50. The number of rotatable bonds is 6. The van der Waals surface area contributed by atoms with Gasteiger partial charge in [-0.15, -0.1) is 12.4 Å². The predicted molar refractivity (Wildman–Crippen MR) is 93.2 cm³/mol. The van der Waals surface area contributed by atoms with Gasteiger partial charge in [0.25, 0.3) is 0 Å². The maximum Gasteiger partial charge on any atom is 0.237 e. The van der Waals surface area contributed by atoms with E-state index in [1.807, 2.05) is 26.0 Å². The highest BCUT2D eigenvalue weighted by atomic mass is 35.5. The second-order valence-electron chi connectivity index (χ2n) is 5.94. The number of hydrogen-bond donors (Lipinski definition) is 2. The normalized spacial score (nSPS) is 16.3. The molecule has 0 aliphatic carbocycles. The Morgan fingerprint density at radius 3 is 2.52 bits per heavy atom. The molecular formula is C17H27ClN2O3. The summed E-state index contributed by atoms with van der Waals surface area (Å²) in [6.45, 7) is 6.36. The molecule has 0 bridgehead atoms. The van der Waals surface area contributed by atoms with Crippen molar-refractivity contribution in [3.8, 4) is 5.75 Å². The van der Waals surface area contributed by atoms with E-state index >= 15 is 0 Å². The SMILES string of the molecule is Cc1cc(C)cc(OCCNC(=O)C(N)C2CCOCC2)c1.Cl. The van der Waals surface area contributed by atoms with Crippen LogP contribution in [0.3, 0.4) is 0 Å². The fraction of sp³-hybridized carbons (Fsp3) is 0.588. The van der Waals surface area contributed by atoms with E-state index in [-0.39, 0.29) is 24.2 Å². The molecule has 0 saturated carbocycles. The smallest absolute Gasteiger partial charge is 0.237 e. The van der Waals surface area contributed by atoms with E-state index < -0.39 is 6.04 Å². The summed E-state index contributed by atoms with van der Waals surface area (Å²) in [6.07, 6.45) is 1.71. The molecule has 1 fully saturated rings. The van der Waals surface area contributed by atoms with Gasteiger partial charge in [-0.3, -0.25) is 4.79 Å². The molecule has 1 unspecified atom stereocenters. The topological polar surface area (TPSA) is 73.6 Å². The van der Waals surface area contributed by atoms with Gasteiger partial charge in [0.05, 0.1) is 12.6 Å². The van der Waals surface area contributed by atoms with Crippen molar-refractivity contribution in [3.05, 3.63) is 29.3 Å². The third-order valence-corrected chi connectivity index (χ3v) is 3.94. The Labute approximate surface area is 144 Å². The molecule has 1 aliphatic heterocycles. The minimum absolute atomic E-state index is 0. The summed E-state index contributed by atoms with van der Waals surface area (Å²) in [4.78, 5) is 12.0. The molecule has 0 spiro atoms. The van der Waals surface area contributed by atoms with Gasteiger partial charge in [-0.2, -0.15) is 0 Å². The lowest BCUT2D eigenvalue weighted by Crippen LogP contribution is -2.47. The van der Waals surface area contributed by atoms with Crippen LogP contribution in [0.15, 0.2) is 18.2 Å². The molecule has 0 aromatic heterocycles. The molecule has 3 N–H and O–H groups in total. The van der Waals surface area contributed by atoms with Crippen LogP contribution in [0.5, 0.6) is 5.75 Å². The first-order valence-electron chi connectivity index (χ1n) is 7.88. The van der Waals surface area contributed by atoms with Gasteiger partial charge in [0.1, 0.15) is 12.4 Å². The van der Waals surface area contributed by atoms with Crippen molar-refractivity contribution in [1.82, 2.24) is 5.32 Å². The first-order chi connectivity index (χ1) is 10.6. The lowest BCUT2D eigenvalue weighted by Gasteiger charge is -2.26. The van der Waals surface area contributed by atoms with Gasteiger partial charge in [-0.25, -0.2) is 0 Å². The van der Waals surface area contributed by atoms with Crippen molar-refractivity contribution < 1.29 is 14.3 Å². The van der Waals surface area contributed by atoms with Gasteiger partial charge in [-0.05, 0) is 55.9 Å². The molecule has 130 valence electrons. The summed E-state index contributed by atoms with van der Waals surface area (Å²) in [5.41, 5.74) is 8.35. The van der Waals surface area contributed by atoms with Gasteiger partial charge in [0.2, 0.25) is 5.91 Å². The third-order valence-electron chi connectivity index (χ3n) is 3.94. The standard InChI is InChI=1S/C17H26N2O3.ClH/c1-12-9-13(2)11-15(10-12)22-8-5-19-17(20)16(18)14-3-6-21-7-4-14;/h9-11,14,16H,3-8,18H2,1-2H3,(H,19,20);1H. The summed E-state index contributed by atoms with van der Waals surface area (Å²) in [6, 6.07) is 5.62. The van der Waals surface area contributed by atoms with Crippen molar-refractivity contribution >= 4 is 18.3 Å². The Bertz CT molecular complexity index is 484. The quantitative estimate of drug-likeness (QED) is 0.775. The number of amides is 1. The van der Waals surface area contributed by atoms with Crippen LogP contribution < -0.4 is 15.8 Å². The van der Waals surface area contributed by atoms with Crippen LogP contribution in [-0.2, 0) is 9.53 Å². The zero-order chi connectivity index (χ0) is 15.9. The summed E-state index contributed by atoms with van der Waals surface area (Å²) in [5, 5.41) is 2.85. The maximum atomic E-state index is 12.0. The number of ether oxygens (including phenoxy) is 2. The van der Waals surface area contributed by atoms with Gasteiger partial charge in [0.15, 0.2) is 0 Å². The van der Waals surface area contributed by atoms with E-state index in [2.05, 4.69) is 11.4 Å². The largest absolute Gasteiger partial charge is 0.492 e. The number of benzene rings is 1. The van der Waals surface area contributed by atoms with E-state index in [4.69, 9.17) is 15.2 Å². The molecule has 1 amide bonds. The summed E-state index contributed by atoms with van der Waals surface area (Å²) >= 11 is 0. The lowest BCUT2D eigenvalue weighted by molar-refractivity contribution is -0.124. The summed E-state index contributed by atoms with van der Waals surface area (Å²) < 4.78 is 11.0. The van der Waals surface area contributed by atoms with Crippen molar-refractivity contribution in [2.24, 2.45) is 11.7 Å². The lowest BCUT2D eigenvalue weighted by atomic mass is 9.92. The Morgan fingerprint density at radius 1 is 1.30 bits per heavy atom. The van der Waals surface area contributed by atoms with E-state index in [0.29, 0.717) is 26.4 Å². The number of carbonyl (C=O) groups is 1. The molecule has 1 heterocycles. The van der Waals surface area contributed by atoms with E-state index in [0.717, 1.165) is 18.6 Å². The number of halogens is 1. The minimum Gasteiger partial charge on any atom is -0.492 e. The molecule has 6 heteroatoms. The van der Waals surface area contributed by atoms with Crippen LogP contribution in [0.2, 0.25) is 0 Å². The Balaban J connectivity index is 0.00000264. The molecular weight excluding hydrogens is 316 g/mol. The summed E-state index contributed by atoms with van der Waals surface area (Å²) in [7, 11) is 0. The Morgan fingerprint density at radius 2 is 1.91 bits per heavy atom. The molecule has 5 nitrogen and oxygen atoms in total. The average molecular weight is 343 g/mol. The highest BCUT2D eigenvalue weighted by Crippen LogP contribution is 2.18. The molecule has 0 radical (unpaired) electrons. The highest BCUT2D eigenvalue weighted by molar-refractivity contribution is 5.85. The molecule has 1 saturated heterocycles. The number of aryl methyl sites for hydroxylation is 2. The maximum absolute atomic E-state index is 12.0. The highest BCUT2D eigenvalue weighted by Gasteiger charge is 2.26. The van der Waals surface area contributed by atoms with Crippen LogP contribution >= 0.6 is 12.4 Å². The second-order valence-corrected chi connectivity index (χ2v) is 5.94. The van der Waals surface area contributed by atoms with Crippen LogP contribution in [-0.4, -0.2) is 38.3 Å². The van der Waals surface area contributed by atoms with Gasteiger partial charge in [0, 0.05) is 13.2 Å². The Hall–Kier alpha value is -1.30. The van der Waals surface area contributed by atoms with Crippen molar-refractivity contribution in [2.75, 3.05) is 26.4 Å². The van der Waals surface area contributed by atoms with Gasteiger partial charge in [-0.1, -0.05) is 6.07 Å². The fourth-order valence-electron chi connectivity index (χ4n) is 2.77. The fourth-order valence-corrected chi connectivity index (χ4v) is 2.77. The van der Waals surface area contributed by atoms with Crippen LogP contribution in [0, 0.1) is 19.8 Å². The van der Waals surface area contributed by atoms with Crippen LogP contribution in [0.4, 0.5) is 0 Å². The number of hydrogen-bond acceptors (Lipinski definition) is 4. The van der Waals surface area contributed by atoms with Crippen molar-refractivity contribution in [1.29, 1.82) is 0 Å². The zero-order valence-electron chi connectivity index (χ0n) is 13.8. The van der Waals surface area contributed by atoms with E-state index in [9.17, 15) is 4.79 Å². The molecule has 1 atom stereocenters. The molecule has 1 aliphatic rings. The molecule has 1 aromatic carbocycles. The van der Waals surface area contributed by atoms with Gasteiger partial charge < -0.3 is 20.5 Å². The summed E-state index contributed by atoms with van der Waals surface area (Å²) in [5.74, 6) is 0.950. The van der Waals surface area contributed by atoms with Gasteiger partial charge >= 0.3 is 0 Å². The first-order valence-corrected chi connectivity index (χ1v) is 7.88. The number of nitrogens with one attached hydrogen (secondary N) is 1. The third kappa shape index (κ3) is 6.37. The number of nitrogens with two attached hydrogens (primary N) is 1. The predicted octanol–water partition coefficient (Wildman–Crippen LogP) is 1.97. The molecule has 1 aromatic rings. The molecule has 23 heavy (non-hydrogen) atoms. The molecule has 2 rings (SSSR count). The van der Waals surface area contributed by atoms with Crippen LogP contribution in [0.25, 0.3) is 0 Å². The monoisotopic (exact) mass is 342 g/mol. The van der Waals surface area contributed by atoms with E-state index in [1.54, 1.807) is 0 Å². The first kappa shape index (κ1) is 19.7. The van der Waals surface area contributed by atoms with Crippen molar-refractivity contribution in [2.45, 2.75) is 32.7 Å². The zero-order valence-corrected chi connectivity index (χ0v) is 14.7. The van der Waals surface area contributed by atoms with Crippen molar-refractivity contribution in [3.63, 3.8) is 0 Å². The van der Waals surface area contributed by atoms with Crippen LogP contribution in [0.1, 0.15) is 24.0 Å². The Kier molecular flexibility index (Phi) is 8.37. The second kappa shape index (κ2) is 9.75. The van der Waals surface area contributed by atoms with E-state index in [1.165, 1.54) is 11.1 Å². The minimum atomic E-state index is -0.454. The number of carbonyl (C=O) groups excluding carboxylic acids is 1.